The summed E-state index contributed by atoms with van der Waals surface area (Å²) in [6, 6.07) is 13.9. The van der Waals surface area contributed by atoms with Crippen LogP contribution in [0.2, 0.25) is 0 Å². The van der Waals surface area contributed by atoms with E-state index in [0.717, 1.165) is 25.9 Å². The molecule has 154 valence electrons. The number of hydrogen-bond donors (Lipinski definition) is 2. The summed E-state index contributed by atoms with van der Waals surface area (Å²) in [7, 11) is -4.00. The molecule has 0 bridgehead atoms. The van der Waals surface area contributed by atoms with Crippen molar-refractivity contribution in [2.24, 2.45) is 0 Å². The van der Waals surface area contributed by atoms with Crippen LogP contribution in [0, 0.1) is 0 Å². The summed E-state index contributed by atoms with van der Waals surface area (Å²) in [5.74, 6) is -0.819. The fraction of sp³-hybridized carbons (Fsp3) is 0.333. The fourth-order valence-corrected chi connectivity index (χ4v) is 4.22. The Labute approximate surface area is 171 Å². The van der Waals surface area contributed by atoms with Gasteiger partial charge in [-0.3, -0.25) is 14.5 Å². The average Bonchev–Trinajstić information content (AvgIpc) is 2.97. The molecule has 2 amide bonds. The Bertz CT molecular complexity index is 936. The van der Waals surface area contributed by atoms with Crippen molar-refractivity contribution in [1.29, 1.82) is 0 Å². The van der Waals surface area contributed by atoms with Crippen molar-refractivity contribution in [3.63, 3.8) is 0 Å². The topological polar surface area (TPSA) is 95.6 Å². The molecule has 7 nitrogen and oxygen atoms in total. The molecule has 0 atom stereocenters. The molecule has 8 heteroatoms. The minimum absolute atomic E-state index is 0.0488. The predicted octanol–water partition coefficient (Wildman–Crippen LogP) is 2.62. The summed E-state index contributed by atoms with van der Waals surface area (Å²) in [6.07, 6.45) is 4.62. The highest BCUT2D eigenvalue weighted by Gasteiger charge is 2.19. The molecule has 0 aromatic heterocycles. The molecule has 1 saturated heterocycles. The Kier molecular flexibility index (Phi) is 7.00. The van der Waals surface area contributed by atoms with E-state index < -0.39 is 15.9 Å². The number of carbonyl (C=O) groups is 2. The monoisotopic (exact) mass is 415 g/mol. The smallest absolute Gasteiger partial charge is 0.264 e. The molecule has 0 unspecified atom stereocenters. The summed E-state index contributed by atoms with van der Waals surface area (Å²) in [4.78, 5) is 26.4. The Balaban J connectivity index is 1.58. The van der Waals surface area contributed by atoms with E-state index in [1.165, 1.54) is 49.2 Å². The largest absolute Gasteiger partial charge is 0.325 e. The lowest BCUT2D eigenvalue weighted by atomic mass is 10.2. The molecule has 29 heavy (non-hydrogen) atoms. The van der Waals surface area contributed by atoms with Gasteiger partial charge in [-0.1, -0.05) is 31.0 Å². The van der Waals surface area contributed by atoms with Crippen LogP contribution in [-0.2, 0) is 14.8 Å². The summed E-state index contributed by atoms with van der Waals surface area (Å²) in [5.41, 5.74) is 0.770. The normalized spacial score (nSPS) is 15.3. The van der Waals surface area contributed by atoms with Crippen LogP contribution in [0.25, 0.3) is 0 Å². The third kappa shape index (κ3) is 6.13. The van der Waals surface area contributed by atoms with Gasteiger partial charge >= 0.3 is 0 Å². The number of sulfonamides is 1. The van der Waals surface area contributed by atoms with Gasteiger partial charge in [0.15, 0.2) is 0 Å². The van der Waals surface area contributed by atoms with Crippen molar-refractivity contribution in [1.82, 2.24) is 9.62 Å². The highest BCUT2D eigenvalue weighted by Crippen LogP contribution is 2.15. The molecule has 0 aliphatic carbocycles. The van der Waals surface area contributed by atoms with E-state index >= 15 is 0 Å². The fourth-order valence-electron chi connectivity index (χ4n) is 3.24. The lowest BCUT2D eigenvalue weighted by Gasteiger charge is -2.19. The third-order valence-electron chi connectivity index (χ3n) is 4.78. The number of nitrogens with zero attached hydrogens (tertiary/aromatic N) is 1. The zero-order valence-electron chi connectivity index (χ0n) is 16.1. The van der Waals surface area contributed by atoms with Crippen molar-refractivity contribution in [3.8, 4) is 0 Å². The molecule has 2 N–H and O–H groups in total. The average molecular weight is 416 g/mol. The van der Waals surface area contributed by atoms with Crippen molar-refractivity contribution < 1.29 is 18.0 Å². The zero-order valence-corrected chi connectivity index (χ0v) is 17.0. The highest BCUT2D eigenvalue weighted by molar-refractivity contribution is 7.90. The minimum Gasteiger partial charge on any atom is -0.325 e. The SMILES string of the molecule is O=C(CN1CCCCCC1)Nc1ccc(S(=O)(=O)NC(=O)c2ccccc2)cc1. The van der Waals surface area contributed by atoms with Crippen LogP contribution in [0.1, 0.15) is 36.0 Å². The van der Waals surface area contributed by atoms with E-state index in [1.807, 2.05) is 4.72 Å². The van der Waals surface area contributed by atoms with E-state index in [2.05, 4.69) is 10.2 Å². The van der Waals surface area contributed by atoms with Crippen LogP contribution in [-0.4, -0.2) is 44.8 Å². The van der Waals surface area contributed by atoms with Crippen molar-refractivity contribution in [2.45, 2.75) is 30.6 Å². The molecular weight excluding hydrogens is 390 g/mol. The summed E-state index contributed by atoms with van der Waals surface area (Å²) in [6.45, 7) is 2.17. The van der Waals surface area contributed by atoms with Gasteiger partial charge in [0, 0.05) is 11.3 Å². The number of nitrogens with one attached hydrogen (secondary N) is 2. The van der Waals surface area contributed by atoms with Crippen molar-refractivity contribution >= 4 is 27.5 Å². The summed E-state index contributed by atoms with van der Waals surface area (Å²) in [5, 5.41) is 2.79. The third-order valence-corrected chi connectivity index (χ3v) is 6.12. The van der Waals surface area contributed by atoms with Crippen molar-refractivity contribution in [3.05, 3.63) is 60.2 Å². The highest BCUT2D eigenvalue weighted by atomic mass is 32.2. The molecule has 1 aliphatic rings. The Morgan fingerprint density at radius 3 is 2.10 bits per heavy atom. The van der Waals surface area contributed by atoms with Gasteiger partial charge in [0.05, 0.1) is 11.4 Å². The van der Waals surface area contributed by atoms with E-state index in [9.17, 15) is 18.0 Å². The van der Waals surface area contributed by atoms with Gasteiger partial charge in [-0.05, 0) is 62.3 Å². The van der Waals surface area contributed by atoms with Gasteiger partial charge in [-0.15, -0.1) is 0 Å². The van der Waals surface area contributed by atoms with Crippen LogP contribution in [0.4, 0.5) is 5.69 Å². The maximum Gasteiger partial charge on any atom is 0.264 e. The van der Waals surface area contributed by atoms with Crippen LogP contribution in [0.5, 0.6) is 0 Å². The number of hydrogen-bond acceptors (Lipinski definition) is 5. The molecule has 3 rings (SSSR count). The Morgan fingerprint density at radius 2 is 1.48 bits per heavy atom. The molecule has 2 aromatic carbocycles. The van der Waals surface area contributed by atoms with Crippen LogP contribution >= 0.6 is 0 Å². The maximum absolute atomic E-state index is 12.4. The number of anilines is 1. The van der Waals surface area contributed by atoms with Gasteiger partial charge in [0.1, 0.15) is 0 Å². The van der Waals surface area contributed by atoms with Gasteiger partial charge in [-0.25, -0.2) is 13.1 Å². The standard InChI is InChI=1S/C21H25N3O4S/c25-20(16-24-14-6-1-2-7-15-24)22-18-10-12-19(13-11-18)29(27,28)23-21(26)17-8-4-3-5-9-17/h3-5,8-13H,1-2,6-7,14-16H2,(H,22,25)(H,23,26). The molecule has 1 heterocycles. The van der Waals surface area contributed by atoms with Crippen LogP contribution in [0.3, 0.4) is 0 Å². The second kappa shape index (κ2) is 9.67. The lowest BCUT2D eigenvalue weighted by molar-refractivity contribution is -0.117. The lowest BCUT2D eigenvalue weighted by Crippen LogP contribution is -2.34. The molecule has 0 saturated carbocycles. The van der Waals surface area contributed by atoms with Gasteiger partial charge < -0.3 is 5.32 Å². The maximum atomic E-state index is 12.4. The Morgan fingerprint density at radius 1 is 0.862 bits per heavy atom. The zero-order chi connectivity index (χ0) is 20.7. The summed E-state index contributed by atoms with van der Waals surface area (Å²) < 4.78 is 26.9. The molecule has 1 fully saturated rings. The van der Waals surface area contributed by atoms with E-state index in [4.69, 9.17) is 0 Å². The first kappa shape index (κ1) is 21.0. The van der Waals surface area contributed by atoms with Crippen LogP contribution < -0.4 is 10.0 Å². The van der Waals surface area contributed by atoms with E-state index in [0.29, 0.717) is 12.2 Å². The van der Waals surface area contributed by atoms with E-state index in [-0.39, 0.29) is 16.4 Å². The molecular formula is C21H25N3O4S. The van der Waals surface area contributed by atoms with E-state index in [1.54, 1.807) is 18.2 Å². The molecule has 2 aromatic rings. The molecule has 0 spiro atoms. The number of carbonyl (C=O) groups excluding carboxylic acids is 2. The van der Waals surface area contributed by atoms with Crippen molar-refractivity contribution in [2.75, 3.05) is 25.0 Å². The predicted molar refractivity (Wildman–Crippen MR) is 111 cm³/mol. The quantitative estimate of drug-likeness (QED) is 0.756. The Hall–Kier alpha value is -2.71. The minimum atomic E-state index is -4.00. The van der Waals surface area contributed by atoms with Crippen LogP contribution in [0.15, 0.2) is 59.5 Å². The molecule has 1 aliphatic heterocycles. The van der Waals surface area contributed by atoms with Gasteiger partial charge in [0.25, 0.3) is 15.9 Å². The van der Waals surface area contributed by atoms with Gasteiger partial charge in [0.2, 0.25) is 5.91 Å². The first-order chi connectivity index (χ1) is 13.9. The number of rotatable bonds is 6. The first-order valence-corrected chi connectivity index (χ1v) is 11.2. The number of likely N-dealkylation sites (tertiary alicyclic amines) is 1. The molecule has 0 radical (unpaired) electrons. The van der Waals surface area contributed by atoms with Gasteiger partial charge in [-0.2, -0.15) is 0 Å². The second-order valence-electron chi connectivity index (χ2n) is 7.06. The number of amides is 2. The second-order valence-corrected chi connectivity index (χ2v) is 8.75. The first-order valence-electron chi connectivity index (χ1n) is 9.68. The number of benzene rings is 2. The summed E-state index contributed by atoms with van der Waals surface area (Å²) >= 11 is 0.